The highest BCUT2D eigenvalue weighted by Crippen LogP contribution is 2.32. The molecule has 1 aromatic carbocycles. The summed E-state index contributed by atoms with van der Waals surface area (Å²) in [4.78, 5) is 10.7. The summed E-state index contributed by atoms with van der Waals surface area (Å²) in [6.07, 6.45) is 0. The minimum atomic E-state index is -0.911. The van der Waals surface area contributed by atoms with Crippen LogP contribution in [0.3, 0.4) is 0 Å². The second-order valence-corrected chi connectivity index (χ2v) is 5.67. The minimum Gasteiger partial charge on any atom is -0.495 e. The van der Waals surface area contributed by atoms with Gasteiger partial charge in [-0.15, -0.1) is 10.2 Å². The number of thioether (sulfide) groups is 1. The molecule has 0 aliphatic rings. The summed E-state index contributed by atoms with van der Waals surface area (Å²) in [5.74, 6) is 0.215. The highest BCUT2D eigenvalue weighted by molar-refractivity contribution is 7.99. The summed E-state index contributed by atoms with van der Waals surface area (Å²) in [5, 5.41) is 17.9. The van der Waals surface area contributed by atoms with Crippen LogP contribution >= 0.6 is 23.4 Å². The summed E-state index contributed by atoms with van der Waals surface area (Å²) in [6.45, 7) is 3.68. The predicted molar refractivity (Wildman–Crippen MR) is 80.8 cm³/mol. The molecule has 0 fully saturated rings. The van der Waals surface area contributed by atoms with Gasteiger partial charge in [-0.05, 0) is 25.5 Å². The van der Waals surface area contributed by atoms with E-state index in [1.807, 2.05) is 13.0 Å². The van der Waals surface area contributed by atoms with Crippen LogP contribution in [-0.4, -0.2) is 38.7 Å². The first-order valence-corrected chi connectivity index (χ1v) is 7.41. The predicted octanol–water partition coefficient (Wildman–Crippen LogP) is 2.72. The number of nitrogens with zero attached hydrogens (tertiary/aromatic N) is 3. The van der Waals surface area contributed by atoms with Crippen LogP contribution in [0.25, 0.3) is 5.69 Å². The van der Waals surface area contributed by atoms with Gasteiger partial charge in [-0.3, -0.25) is 9.36 Å². The molecule has 0 radical (unpaired) electrons. The van der Waals surface area contributed by atoms with E-state index in [0.717, 1.165) is 23.0 Å². The molecule has 0 saturated heterocycles. The van der Waals surface area contributed by atoms with E-state index in [1.54, 1.807) is 24.7 Å². The number of ether oxygens (including phenoxy) is 1. The molecule has 0 unspecified atom stereocenters. The standard InChI is InChI=1S/C13H14ClN3O3S/c1-7-4-10(11(20-3)5-9(7)14)17-8(2)15-16-13(17)21-6-12(18)19/h4-5H,6H2,1-3H3,(H,18,19). The van der Waals surface area contributed by atoms with Crippen molar-refractivity contribution in [3.8, 4) is 11.4 Å². The van der Waals surface area contributed by atoms with Crippen LogP contribution in [0.4, 0.5) is 0 Å². The average Bonchev–Trinajstić information content (AvgIpc) is 2.80. The molecule has 8 heteroatoms. The Balaban J connectivity index is 2.53. The maximum atomic E-state index is 10.7. The number of carboxylic acid groups (broad SMARTS) is 1. The van der Waals surface area contributed by atoms with Gasteiger partial charge in [0, 0.05) is 11.1 Å². The molecular formula is C13H14ClN3O3S. The molecule has 0 aliphatic carbocycles. The molecule has 1 N–H and O–H groups in total. The fourth-order valence-corrected chi connectivity index (χ4v) is 2.69. The first kappa shape index (κ1) is 15.7. The Morgan fingerprint density at radius 3 is 2.76 bits per heavy atom. The lowest BCUT2D eigenvalue weighted by Gasteiger charge is -2.14. The number of carboxylic acids is 1. The van der Waals surface area contributed by atoms with Crippen LogP contribution in [-0.2, 0) is 4.79 Å². The molecule has 0 saturated carbocycles. The Morgan fingerprint density at radius 1 is 1.43 bits per heavy atom. The Labute approximate surface area is 131 Å². The van der Waals surface area contributed by atoms with E-state index >= 15 is 0 Å². The van der Waals surface area contributed by atoms with Gasteiger partial charge in [0.2, 0.25) is 0 Å². The second-order valence-electron chi connectivity index (χ2n) is 4.32. The third-order valence-electron chi connectivity index (χ3n) is 2.82. The highest BCUT2D eigenvalue weighted by Gasteiger charge is 2.17. The number of hydrogen-bond donors (Lipinski definition) is 1. The van der Waals surface area contributed by atoms with Gasteiger partial charge in [-0.1, -0.05) is 23.4 Å². The quantitative estimate of drug-likeness (QED) is 0.851. The lowest BCUT2D eigenvalue weighted by Crippen LogP contribution is -2.05. The molecule has 1 aromatic heterocycles. The molecule has 0 atom stereocenters. The van der Waals surface area contributed by atoms with Crippen molar-refractivity contribution in [2.75, 3.05) is 12.9 Å². The third kappa shape index (κ3) is 3.30. The largest absolute Gasteiger partial charge is 0.495 e. The minimum absolute atomic E-state index is 0.0903. The van der Waals surface area contributed by atoms with Gasteiger partial charge in [0.15, 0.2) is 5.16 Å². The van der Waals surface area contributed by atoms with Crippen LogP contribution in [0.15, 0.2) is 17.3 Å². The number of benzene rings is 1. The molecule has 21 heavy (non-hydrogen) atoms. The van der Waals surface area contributed by atoms with E-state index in [2.05, 4.69) is 10.2 Å². The molecule has 2 rings (SSSR count). The Hall–Kier alpha value is -1.73. The molecule has 0 spiro atoms. The van der Waals surface area contributed by atoms with E-state index in [1.165, 1.54) is 0 Å². The second kappa shape index (κ2) is 6.36. The zero-order chi connectivity index (χ0) is 15.6. The molecule has 0 amide bonds. The molecular weight excluding hydrogens is 314 g/mol. The third-order valence-corrected chi connectivity index (χ3v) is 4.14. The molecule has 2 aromatic rings. The number of aliphatic carboxylic acids is 1. The van der Waals surface area contributed by atoms with Crippen molar-refractivity contribution >= 4 is 29.3 Å². The van der Waals surface area contributed by atoms with E-state index in [0.29, 0.717) is 21.8 Å². The normalized spacial score (nSPS) is 10.7. The number of hydrogen-bond acceptors (Lipinski definition) is 5. The first-order chi connectivity index (χ1) is 9.93. The zero-order valence-electron chi connectivity index (χ0n) is 11.8. The first-order valence-electron chi connectivity index (χ1n) is 6.05. The smallest absolute Gasteiger partial charge is 0.313 e. The van der Waals surface area contributed by atoms with Crippen LogP contribution in [0, 0.1) is 13.8 Å². The maximum absolute atomic E-state index is 10.7. The number of aryl methyl sites for hydroxylation is 2. The molecule has 0 aliphatic heterocycles. The van der Waals surface area contributed by atoms with Crippen LogP contribution in [0.5, 0.6) is 5.75 Å². The van der Waals surface area contributed by atoms with E-state index < -0.39 is 5.97 Å². The van der Waals surface area contributed by atoms with Crippen LogP contribution < -0.4 is 4.74 Å². The molecule has 6 nitrogen and oxygen atoms in total. The van der Waals surface area contributed by atoms with Crippen molar-refractivity contribution in [3.63, 3.8) is 0 Å². The Kier molecular flexibility index (Phi) is 4.74. The van der Waals surface area contributed by atoms with Crippen LogP contribution in [0.1, 0.15) is 11.4 Å². The van der Waals surface area contributed by atoms with Crippen molar-refractivity contribution in [2.24, 2.45) is 0 Å². The SMILES string of the molecule is COc1cc(Cl)c(C)cc1-n1c(C)nnc1SCC(=O)O. The fraction of sp³-hybridized carbons (Fsp3) is 0.308. The lowest BCUT2D eigenvalue weighted by molar-refractivity contribution is -0.133. The fourth-order valence-electron chi connectivity index (χ4n) is 1.83. The summed E-state index contributed by atoms with van der Waals surface area (Å²) < 4.78 is 7.11. The lowest BCUT2D eigenvalue weighted by atomic mass is 10.2. The molecule has 112 valence electrons. The average molecular weight is 328 g/mol. The van der Waals surface area contributed by atoms with Gasteiger partial charge in [-0.25, -0.2) is 0 Å². The molecule has 0 bridgehead atoms. The number of carbonyl (C=O) groups is 1. The summed E-state index contributed by atoms with van der Waals surface area (Å²) in [5.41, 5.74) is 1.62. The number of halogens is 1. The number of rotatable bonds is 5. The van der Waals surface area contributed by atoms with Crippen LogP contribution in [0.2, 0.25) is 5.02 Å². The maximum Gasteiger partial charge on any atom is 0.313 e. The van der Waals surface area contributed by atoms with Gasteiger partial charge >= 0.3 is 5.97 Å². The van der Waals surface area contributed by atoms with Crippen molar-refractivity contribution in [1.82, 2.24) is 14.8 Å². The number of aromatic nitrogens is 3. The summed E-state index contributed by atoms with van der Waals surface area (Å²) in [7, 11) is 1.55. The monoisotopic (exact) mass is 327 g/mol. The number of methoxy groups -OCH3 is 1. The van der Waals surface area contributed by atoms with Gasteiger partial charge < -0.3 is 9.84 Å². The van der Waals surface area contributed by atoms with Crippen molar-refractivity contribution in [2.45, 2.75) is 19.0 Å². The highest BCUT2D eigenvalue weighted by atomic mass is 35.5. The van der Waals surface area contributed by atoms with Crippen molar-refractivity contribution in [3.05, 3.63) is 28.5 Å². The van der Waals surface area contributed by atoms with E-state index in [4.69, 9.17) is 21.4 Å². The molecule has 1 heterocycles. The zero-order valence-corrected chi connectivity index (χ0v) is 13.3. The Morgan fingerprint density at radius 2 is 2.14 bits per heavy atom. The van der Waals surface area contributed by atoms with Gasteiger partial charge in [0.1, 0.15) is 11.6 Å². The summed E-state index contributed by atoms with van der Waals surface area (Å²) in [6, 6.07) is 3.58. The topological polar surface area (TPSA) is 77.2 Å². The van der Waals surface area contributed by atoms with E-state index in [9.17, 15) is 4.79 Å². The van der Waals surface area contributed by atoms with Gasteiger partial charge in [0.25, 0.3) is 0 Å². The van der Waals surface area contributed by atoms with Crippen molar-refractivity contribution < 1.29 is 14.6 Å². The van der Waals surface area contributed by atoms with E-state index in [-0.39, 0.29) is 5.75 Å². The van der Waals surface area contributed by atoms with Crippen molar-refractivity contribution in [1.29, 1.82) is 0 Å². The van der Waals surface area contributed by atoms with Gasteiger partial charge in [0.05, 0.1) is 18.6 Å². The Bertz CT molecular complexity index is 688. The summed E-state index contributed by atoms with van der Waals surface area (Å²) >= 11 is 7.21. The van der Waals surface area contributed by atoms with Gasteiger partial charge in [-0.2, -0.15) is 0 Å².